The molecule has 0 saturated carbocycles. The Kier molecular flexibility index (Phi) is 6.78. The van der Waals surface area contributed by atoms with Gasteiger partial charge in [0.2, 0.25) is 5.91 Å². The maximum Gasteiger partial charge on any atom is 0.238 e. The summed E-state index contributed by atoms with van der Waals surface area (Å²) in [5, 5.41) is 6.43. The number of carbonyl (C=O) groups is 1. The molecule has 1 saturated heterocycles. The summed E-state index contributed by atoms with van der Waals surface area (Å²) in [6, 6.07) is 28.6. The molecule has 4 heteroatoms. The fourth-order valence-corrected chi connectivity index (χ4v) is 4.03. The Hall–Kier alpha value is -3.11. The third-order valence-corrected chi connectivity index (χ3v) is 5.60. The van der Waals surface area contributed by atoms with Gasteiger partial charge in [-0.3, -0.25) is 10.1 Å². The molecule has 3 aromatic rings. The van der Waals surface area contributed by atoms with E-state index in [1.54, 1.807) is 0 Å². The van der Waals surface area contributed by atoms with E-state index in [0.717, 1.165) is 29.9 Å². The van der Waals surface area contributed by atoms with Crippen LogP contribution < -0.4 is 15.5 Å². The van der Waals surface area contributed by atoms with Crippen molar-refractivity contribution < 1.29 is 4.79 Å². The third kappa shape index (κ3) is 5.28. The average Bonchev–Trinajstić information content (AvgIpc) is 2.82. The van der Waals surface area contributed by atoms with Crippen LogP contribution in [0.2, 0.25) is 0 Å². The van der Waals surface area contributed by atoms with Gasteiger partial charge in [-0.15, -0.1) is 0 Å². The van der Waals surface area contributed by atoms with E-state index in [9.17, 15) is 4.79 Å². The maximum absolute atomic E-state index is 12.6. The number of carbonyl (C=O) groups excluding carboxylic acids is 1. The number of benzene rings is 3. The van der Waals surface area contributed by atoms with Crippen LogP contribution in [0.4, 0.5) is 11.4 Å². The van der Waals surface area contributed by atoms with Gasteiger partial charge in [-0.1, -0.05) is 60.7 Å². The Bertz CT molecular complexity index is 880. The third-order valence-electron chi connectivity index (χ3n) is 5.60. The molecule has 4 nitrogen and oxygen atoms in total. The van der Waals surface area contributed by atoms with Gasteiger partial charge < -0.3 is 10.2 Å². The minimum absolute atomic E-state index is 0.0281. The summed E-state index contributed by atoms with van der Waals surface area (Å²) in [7, 11) is 0. The van der Waals surface area contributed by atoms with Crippen LogP contribution in [0.3, 0.4) is 0 Å². The summed E-state index contributed by atoms with van der Waals surface area (Å²) in [4.78, 5) is 15.0. The van der Waals surface area contributed by atoms with Crippen molar-refractivity contribution in [3.63, 3.8) is 0 Å². The molecule has 0 unspecified atom stereocenters. The lowest BCUT2D eigenvalue weighted by Gasteiger charge is -2.28. The fourth-order valence-electron chi connectivity index (χ4n) is 4.03. The predicted octanol–water partition coefficient (Wildman–Crippen LogP) is 4.99. The van der Waals surface area contributed by atoms with E-state index in [-0.39, 0.29) is 18.5 Å². The largest absolute Gasteiger partial charge is 0.372 e. The fraction of sp³-hybridized carbons (Fsp3) is 0.269. The van der Waals surface area contributed by atoms with Crippen LogP contribution in [0.1, 0.15) is 36.4 Å². The maximum atomic E-state index is 12.6. The van der Waals surface area contributed by atoms with Crippen molar-refractivity contribution in [3.05, 3.63) is 96.1 Å². The molecule has 1 aliphatic heterocycles. The highest BCUT2D eigenvalue weighted by Crippen LogP contribution is 2.23. The van der Waals surface area contributed by atoms with E-state index in [4.69, 9.17) is 0 Å². The molecular formula is C26H29N3O. The van der Waals surface area contributed by atoms with Gasteiger partial charge >= 0.3 is 0 Å². The van der Waals surface area contributed by atoms with Gasteiger partial charge in [-0.25, -0.2) is 0 Å². The van der Waals surface area contributed by atoms with Gasteiger partial charge in [-0.2, -0.15) is 0 Å². The van der Waals surface area contributed by atoms with Crippen molar-refractivity contribution in [1.82, 2.24) is 5.32 Å². The number of rotatable bonds is 7. The van der Waals surface area contributed by atoms with Gasteiger partial charge in [0.25, 0.3) is 0 Å². The number of hydrogen-bond donors (Lipinski definition) is 2. The van der Waals surface area contributed by atoms with Crippen molar-refractivity contribution in [2.75, 3.05) is 29.9 Å². The van der Waals surface area contributed by atoms with E-state index >= 15 is 0 Å². The van der Waals surface area contributed by atoms with E-state index in [2.05, 4.69) is 51.9 Å². The molecule has 1 aliphatic rings. The quantitative estimate of drug-likeness (QED) is 0.588. The van der Waals surface area contributed by atoms with Crippen LogP contribution in [0, 0.1) is 0 Å². The van der Waals surface area contributed by atoms with Gasteiger partial charge in [0.15, 0.2) is 0 Å². The molecular weight excluding hydrogens is 370 g/mol. The lowest BCUT2D eigenvalue weighted by Crippen LogP contribution is -2.32. The molecule has 4 rings (SSSR count). The molecule has 2 N–H and O–H groups in total. The molecule has 1 amide bonds. The number of anilines is 2. The number of hydrogen-bond acceptors (Lipinski definition) is 3. The van der Waals surface area contributed by atoms with Gasteiger partial charge in [0.05, 0.1) is 12.6 Å². The molecule has 3 aromatic carbocycles. The smallest absolute Gasteiger partial charge is 0.238 e. The average molecular weight is 400 g/mol. The van der Waals surface area contributed by atoms with Crippen LogP contribution >= 0.6 is 0 Å². The van der Waals surface area contributed by atoms with Gasteiger partial charge in [0.1, 0.15) is 0 Å². The van der Waals surface area contributed by atoms with E-state index < -0.39 is 0 Å². The first-order chi connectivity index (χ1) is 14.8. The minimum atomic E-state index is -0.0439. The molecule has 0 radical (unpaired) electrons. The van der Waals surface area contributed by atoms with Crippen molar-refractivity contribution >= 4 is 17.3 Å². The SMILES string of the molecule is O=C(CNC(c1ccccc1)c1ccccc1)Nc1ccc(N2CCCCC2)cc1. The van der Waals surface area contributed by atoms with Crippen LogP contribution in [0.15, 0.2) is 84.9 Å². The predicted molar refractivity (Wildman–Crippen MR) is 124 cm³/mol. The summed E-state index contributed by atoms with van der Waals surface area (Å²) in [6.07, 6.45) is 3.84. The molecule has 0 bridgehead atoms. The molecule has 30 heavy (non-hydrogen) atoms. The molecule has 0 aromatic heterocycles. The number of nitrogens with zero attached hydrogens (tertiary/aromatic N) is 1. The van der Waals surface area contributed by atoms with Crippen LogP contribution in [-0.4, -0.2) is 25.5 Å². The van der Waals surface area contributed by atoms with Crippen molar-refractivity contribution in [2.24, 2.45) is 0 Å². The Labute approximate surface area is 178 Å². The lowest BCUT2D eigenvalue weighted by molar-refractivity contribution is -0.115. The second-order valence-electron chi connectivity index (χ2n) is 7.78. The highest BCUT2D eigenvalue weighted by atomic mass is 16.1. The highest BCUT2D eigenvalue weighted by Gasteiger charge is 2.15. The zero-order valence-corrected chi connectivity index (χ0v) is 17.3. The molecule has 1 heterocycles. The Morgan fingerprint density at radius 3 is 1.90 bits per heavy atom. The van der Waals surface area contributed by atoms with Crippen LogP contribution in [0.5, 0.6) is 0 Å². The number of piperidine rings is 1. The Morgan fingerprint density at radius 2 is 1.33 bits per heavy atom. The molecule has 154 valence electrons. The zero-order chi connectivity index (χ0) is 20.6. The number of amides is 1. The van der Waals surface area contributed by atoms with E-state index in [0.29, 0.717) is 0 Å². The van der Waals surface area contributed by atoms with E-state index in [1.807, 2.05) is 48.5 Å². The molecule has 0 spiro atoms. The van der Waals surface area contributed by atoms with Gasteiger partial charge in [0, 0.05) is 24.5 Å². The summed E-state index contributed by atoms with van der Waals surface area (Å²) in [5.74, 6) is -0.0439. The monoisotopic (exact) mass is 399 g/mol. The molecule has 0 aliphatic carbocycles. The second-order valence-corrected chi connectivity index (χ2v) is 7.78. The minimum Gasteiger partial charge on any atom is -0.372 e. The second kappa shape index (κ2) is 10.1. The van der Waals surface area contributed by atoms with Crippen molar-refractivity contribution in [2.45, 2.75) is 25.3 Å². The van der Waals surface area contributed by atoms with E-state index in [1.165, 1.54) is 24.9 Å². The summed E-state index contributed by atoms with van der Waals surface area (Å²) >= 11 is 0. The number of nitrogens with one attached hydrogen (secondary N) is 2. The first kappa shape index (κ1) is 20.2. The normalized spacial score (nSPS) is 14.0. The van der Waals surface area contributed by atoms with Crippen molar-refractivity contribution in [3.8, 4) is 0 Å². The lowest BCUT2D eigenvalue weighted by atomic mass is 9.99. The zero-order valence-electron chi connectivity index (χ0n) is 17.3. The van der Waals surface area contributed by atoms with Gasteiger partial charge in [-0.05, 0) is 54.7 Å². The summed E-state index contributed by atoms with van der Waals surface area (Å²) in [5.41, 5.74) is 4.35. The molecule has 0 atom stereocenters. The standard InChI is InChI=1S/C26H29N3O/c30-25(28-23-14-16-24(17-15-23)29-18-8-3-9-19-29)20-27-26(21-10-4-1-5-11-21)22-12-6-2-7-13-22/h1-2,4-7,10-17,26-27H,3,8-9,18-20H2,(H,28,30). The van der Waals surface area contributed by atoms with Crippen LogP contribution in [-0.2, 0) is 4.79 Å². The topological polar surface area (TPSA) is 44.4 Å². The highest BCUT2D eigenvalue weighted by molar-refractivity contribution is 5.92. The van der Waals surface area contributed by atoms with Crippen LogP contribution in [0.25, 0.3) is 0 Å². The summed E-state index contributed by atoms with van der Waals surface area (Å²) in [6.45, 7) is 2.48. The Balaban J connectivity index is 1.37. The Morgan fingerprint density at radius 1 is 0.767 bits per heavy atom. The molecule has 1 fully saturated rings. The first-order valence-electron chi connectivity index (χ1n) is 10.8. The summed E-state index contributed by atoms with van der Waals surface area (Å²) < 4.78 is 0. The van der Waals surface area contributed by atoms with Crippen molar-refractivity contribution in [1.29, 1.82) is 0 Å². The first-order valence-corrected chi connectivity index (χ1v) is 10.8.